The lowest BCUT2D eigenvalue weighted by Crippen LogP contribution is -2.33. The topological polar surface area (TPSA) is 87.0 Å². The Morgan fingerprint density at radius 2 is 1.24 bits per heavy atom. The van der Waals surface area contributed by atoms with Gasteiger partial charge in [0.05, 0.1) is 45.3 Å². The van der Waals surface area contributed by atoms with E-state index >= 15 is 0 Å². The lowest BCUT2D eigenvalue weighted by molar-refractivity contribution is 0.0694. The number of carbonyl (C=O) groups is 1. The highest BCUT2D eigenvalue weighted by Crippen LogP contribution is 2.60. The molecule has 1 aliphatic heterocycles. The second-order valence-electron chi connectivity index (χ2n) is 7.33. The van der Waals surface area contributed by atoms with Gasteiger partial charge in [-0.05, 0) is 109 Å². The number of aromatic hydroxyl groups is 2. The van der Waals surface area contributed by atoms with Crippen LogP contribution in [0.2, 0.25) is 20.1 Å². The summed E-state index contributed by atoms with van der Waals surface area (Å²) < 4.78 is 8.07. The monoisotopic (exact) mass is 988 g/mol. The highest BCUT2D eigenvalue weighted by Gasteiger charge is 2.47. The molecule has 34 heavy (non-hydrogen) atoms. The Morgan fingerprint density at radius 1 is 0.824 bits per heavy atom. The second kappa shape index (κ2) is 9.73. The van der Waals surface area contributed by atoms with Crippen LogP contribution in [0, 0.1) is 14.3 Å². The maximum atomic E-state index is 12.5. The van der Waals surface area contributed by atoms with Crippen LogP contribution in [-0.2, 0) is 5.41 Å². The highest BCUT2D eigenvalue weighted by molar-refractivity contribution is 14.1. The van der Waals surface area contributed by atoms with Crippen molar-refractivity contribution in [1.29, 1.82) is 0 Å². The van der Waals surface area contributed by atoms with Crippen LogP contribution < -0.4 is 4.74 Å². The molecule has 0 spiro atoms. The van der Waals surface area contributed by atoms with Crippen LogP contribution in [0.3, 0.4) is 0 Å². The number of fused-ring (bicyclic) bond motifs is 2. The first-order valence-corrected chi connectivity index (χ1v) is 14.8. The summed E-state index contributed by atoms with van der Waals surface area (Å²) >= 11 is 33.6. The van der Waals surface area contributed by atoms with Gasteiger partial charge in [0.2, 0.25) is 0 Å². The van der Waals surface area contributed by atoms with E-state index in [0.29, 0.717) is 36.9 Å². The number of aromatic carboxylic acids is 1. The first kappa shape index (κ1) is 27.6. The normalized spacial score (nSPS) is 13.8. The molecule has 178 valence electrons. The van der Waals surface area contributed by atoms with Gasteiger partial charge in [-0.2, -0.15) is 0 Å². The van der Waals surface area contributed by atoms with Gasteiger partial charge in [-0.3, -0.25) is 0 Å². The fourth-order valence-electron chi connectivity index (χ4n) is 3.94. The lowest BCUT2D eigenvalue weighted by Gasteiger charge is -2.40. The second-order valence-corrected chi connectivity index (χ2v) is 13.3. The zero-order valence-corrected chi connectivity index (χ0v) is 28.0. The third kappa shape index (κ3) is 3.97. The van der Waals surface area contributed by atoms with E-state index in [1.807, 2.05) is 90.4 Å². The number of hydrogen-bond donors (Lipinski definition) is 3. The molecule has 5 nitrogen and oxygen atoms in total. The zero-order chi connectivity index (χ0) is 25.4. The molecule has 3 aromatic carbocycles. The predicted molar refractivity (Wildman–Crippen MR) is 166 cm³/mol. The smallest absolute Gasteiger partial charge is 0.337 e. The van der Waals surface area contributed by atoms with E-state index in [0.717, 1.165) is 0 Å². The average Bonchev–Trinajstić information content (AvgIpc) is 2.78. The number of hydrogen-bond acceptors (Lipinski definition) is 4. The number of phenols is 2. The lowest BCUT2D eigenvalue weighted by atomic mass is 9.67. The molecular weight excluding hydrogens is 982 g/mol. The van der Waals surface area contributed by atoms with Crippen molar-refractivity contribution in [3.05, 3.63) is 68.8 Å². The molecule has 0 aliphatic carbocycles. The molecule has 4 rings (SSSR count). The van der Waals surface area contributed by atoms with Gasteiger partial charge in [0, 0.05) is 16.7 Å². The molecule has 0 aromatic heterocycles. The molecule has 1 heterocycles. The van der Waals surface area contributed by atoms with Crippen LogP contribution in [-0.4, -0.2) is 21.3 Å². The van der Waals surface area contributed by atoms with Gasteiger partial charge >= 0.3 is 5.97 Å². The maximum absolute atomic E-state index is 12.5. The van der Waals surface area contributed by atoms with Crippen LogP contribution in [0.1, 0.15) is 34.0 Å². The fourth-order valence-corrected chi connectivity index (χ4v) is 8.64. The molecule has 0 amide bonds. The van der Waals surface area contributed by atoms with E-state index < -0.39 is 11.4 Å². The maximum Gasteiger partial charge on any atom is 0.337 e. The quantitative estimate of drug-likeness (QED) is 0.136. The van der Waals surface area contributed by atoms with Crippen LogP contribution in [0.25, 0.3) is 0 Å². The number of rotatable bonds is 2. The Morgan fingerprint density at radius 3 is 1.65 bits per heavy atom. The molecule has 0 bridgehead atoms. The molecule has 0 radical (unpaired) electrons. The minimum Gasteiger partial charge on any atom is -0.506 e. The van der Waals surface area contributed by atoms with Crippen molar-refractivity contribution in [2.45, 2.75) is 12.3 Å². The Hall–Kier alpha value is 0.610. The summed E-state index contributed by atoms with van der Waals surface area (Å²) in [5, 5.41) is 30.8. The molecule has 3 aromatic rings. The van der Waals surface area contributed by atoms with Gasteiger partial charge in [-0.1, -0.05) is 46.4 Å². The van der Waals surface area contributed by atoms with Crippen molar-refractivity contribution in [3.63, 3.8) is 0 Å². The van der Waals surface area contributed by atoms with Gasteiger partial charge in [-0.15, -0.1) is 0 Å². The number of carboxylic acids is 1. The minimum atomic E-state index is -1.34. The fraction of sp³-hybridized carbons (Fsp3) is 0.0952. The van der Waals surface area contributed by atoms with Crippen molar-refractivity contribution < 1.29 is 24.9 Å². The van der Waals surface area contributed by atoms with E-state index in [2.05, 4.69) is 0 Å². The van der Waals surface area contributed by atoms with Crippen LogP contribution in [0.5, 0.6) is 23.0 Å². The van der Waals surface area contributed by atoms with E-state index in [4.69, 9.17) is 51.1 Å². The summed E-state index contributed by atoms with van der Waals surface area (Å²) in [4.78, 5) is 12.5. The Bertz CT molecular complexity index is 1380. The summed E-state index contributed by atoms with van der Waals surface area (Å²) in [6.45, 7) is 1.77. The van der Waals surface area contributed by atoms with Crippen molar-refractivity contribution in [1.82, 2.24) is 0 Å². The van der Waals surface area contributed by atoms with Gasteiger partial charge in [-0.25, -0.2) is 4.79 Å². The largest absolute Gasteiger partial charge is 0.506 e. The zero-order valence-electron chi connectivity index (χ0n) is 16.3. The third-order valence-electron chi connectivity index (χ3n) is 5.56. The SMILES string of the molecule is CC1(c2c(Cl)c(Cl)c(Cl)c(Cl)c2C(=O)O)c2cc(I)c(O)c(I)c2Oc2c1cc(I)c(O)c2I. The van der Waals surface area contributed by atoms with Crippen molar-refractivity contribution in [3.8, 4) is 23.0 Å². The summed E-state index contributed by atoms with van der Waals surface area (Å²) in [6, 6.07) is 3.39. The Labute approximate surface area is 268 Å². The number of ether oxygens (including phenoxy) is 1. The summed E-state index contributed by atoms with van der Waals surface area (Å²) in [5.74, 6) is -0.745. The van der Waals surface area contributed by atoms with Crippen LogP contribution in [0.15, 0.2) is 12.1 Å². The van der Waals surface area contributed by atoms with Gasteiger partial charge in [0.1, 0.15) is 23.0 Å². The summed E-state index contributed by atoms with van der Waals surface area (Å²) in [5.41, 5.74) is -0.419. The molecule has 0 atom stereocenters. The van der Waals surface area contributed by atoms with E-state index in [-0.39, 0.29) is 42.7 Å². The predicted octanol–water partition coefficient (Wildman–Crippen LogP) is 9.29. The summed E-state index contributed by atoms with van der Waals surface area (Å²) in [6.07, 6.45) is 0. The first-order chi connectivity index (χ1) is 15.7. The Balaban J connectivity index is 2.32. The van der Waals surface area contributed by atoms with Crippen LogP contribution >= 0.6 is 137 Å². The molecule has 0 unspecified atom stereocenters. The molecule has 3 N–H and O–H groups in total. The molecule has 0 saturated heterocycles. The minimum absolute atomic E-state index is 0.00668. The number of benzene rings is 3. The Kier molecular flexibility index (Phi) is 7.91. The average molecular weight is 990 g/mol. The standard InChI is InChI=1S/C21H8Cl4I4O5/c1-21(9-8(20(32)33)10(22)12(24)13(25)11(9)23)4-2-6(26)16(30)14(28)18(4)34-19-5(21)3-7(27)17(31)15(19)29/h2-3,30-31H,1H3,(H,32,33). The molecule has 13 heteroatoms. The number of carboxylic acid groups (broad SMARTS) is 1. The number of phenolic OH excluding ortho intramolecular Hbond substituents is 2. The third-order valence-corrected chi connectivity index (χ3v) is 11.0. The van der Waals surface area contributed by atoms with Crippen molar-refractivity contribution in [2.24, 2.45) is 0 Å². The van der Waals surface area contributed by atoms with Crippen LogP contribution in [0.4, 0.5) is 0 Å². The highest BCUT2D eigenvalue weighted by atomic mass is 127. The number of halogens is 8. The van der Waals surface area contributed by atoms with Gasteiger partial charge in [0.25, 0.3) is 0 Å². The van der Waals surface area contributed by atoms with E-state index in [1.165, 1.54) is 0 Å². The molecule has 1 aliphatic rings. The van der Waals surface area contributed by atoms with E-state index in [9.17, 15) is 20.1 Å². The summed E-state index contributed by atoms with van der Waals surface area (Å²) in [7, 11) is 0. The van der Waals surface area contributed by atoms with Crippen molar-refractivity contribution >= 4 is 143 Å². The molecule has 0 saturated carbocycles. The first-order valence-electron chi connectivity index (χ1n) is 8.95. The van der Waals surface area contributed by atoms with E-state index in [1.54, 1.807) is 19.1 Å². The van der Waals surface area contributed by atoms with Gasteiger partial charge < -0.3 is 20.1 Å². The van der Waals surface area contributed by atoms with Gasteiger partial charge in [0.15, 0.2) is 0 Å². The molecule has 0 fully saturated rings. The van der Waals surface area contributed by atoms with Crippen molar-refractivity contribution in [2.75, 3.05) is 0 Å². The molecular formula is C21H8Cl4I4O5.